The standard InChI is InChI=1S/C26H31N3O5S3/c1-16-9-10-18-20(13-16)37-26(29(18)11-12-33-2)28-22(31)15-35-14-21(30)27-24-23(25(32)34-3)17-7-5-4-6-8-19(17)36-24/h9-10,13H,4-8,11-12,14-15H2,1-3H3,(H,27,30). The van der Waals surface area contributed by atoms with Gasteiger partial charge in [-0.3, -0.25) is 9.59 Å². The van der Waals surface area contributed by atoms with E-state index in [9.17, 15) is 14.4 Å². The molecule has 37 heavy (non-hydrogen) atoms. The Bertz CT molecular complexity index is 1370. The summed E-state index contributed by atoms with van der Waals surface area (Å²) in [6.07, 6.45) is 4.96. The maximum Gasteiger partial charge on any atom is 0.341 e. The van der Waals surface area contributed by atoms with Crippen LogP contribution in [0.25, 0.3) is 10.2 Å². The van der Waals surface area contributed by atoms with E-state index >= 15 is 0 Å². The first-order valence-corrected chi connectivity index (χ1v) is 15.0. The van der Waals surface area contributed by atoms with Gasteiger partial charge in [-0.15, -0.1) is 23.1 Å². The minimum absolute atomic E-state index is 0.0791. The molecule has 0 aliphatic heterocycles. The predicted octanol–water partition coefficient (Wildman–Crippen LogP) is 4.57. The van der Waals surface area contributed by atoms with Gasteiger partial charge in [-0.2, -0.15) is 4.99 Å². The van der Waals surface area contributed by atoms with Crippen molar-refractivity contribution in [2.24, 2.45) is 4.99 Å². The predicted molar refractivity (Wildman–Crippen MR) is 150 cm³/mol. The highest BCUT2D eigenvalue weighted by atomic mass is 32.2. The summed E-state index contributed by atoms with van der Waals surface area (Å²) in [4.78, 5) is 43.9. The number of benzene rings is 1. The number of nitrogens with zero attached hydrogens (tertiary/aromatic N) is 2. The molecule has 0 saturated heterocycles. The molecule has 0 atom stereocenters. The topological polar surface area (TPSA) is 99.0 Å². The third kappa shape index (κ3) is 6.70. The molecule has 3 aromatic rings. The van der Waals surface area contributed by atoms with Gasteiger partial charge in [0.15, 0.2) is 4.80 Å². The lowest BCUT2D eigenvalue weighted by Crippen LogP contribution is -2.20. The van der Waals surface area contributed by atoms with Crippen LogP contribution in [0.4, 0.5) is 5.00 Å². The number of ether oxygens (including phenoxy) is 2. The Labute approximate surface area is 228 Å². The molecule has 1 aromatic carbocycles. The lowest BCUT2D eigenvalue weighted by Gasteiger charge is -2.07. The molecule has 0 bridgehead atoms. The minimum Gasteiger partial charge on any atom is -0.465 e. The number of aromatic nitrogens is 1. The molecular weight excluding hydrogens is 531 g/mol. The number of nitrogens with one attached hydrogen (secondary N) is 1. The van der Waals surface area contributed by atoms with Crippen molar-refractivity contribution in [1.29, 1.82) is 0 Å². The molecule has 0 radical (unpaired) electrons. The molecule has 0 spiro atoms. The molecule has 4 rings (SSSR count). The van der Waals surface area contributed by atoms with Crippen LogP contribution >= 0.6 is 34.4 Å². The molecule has 2 amide bonds. The van der Waals surface area contributed by atoms with Gasteiger partial charge >= 0.3 is 5.97 Å². The van der Waals surface area contributed by atoms with Gasteiger partial charge in [0.05, 0.1) is 41.0 Å². The van der Waals surface area contributed by atoms with Gasteiger partial charge in [-0.05, 0) is 55.9 Å². The number of amides is 2. The lowest BCUT2D eigenvalue weighted by molar-refractivity contribution is -0.115. The summed E-state index contributed by atoms with van der Waals surface area (Å²) in [6.45, 7) is 3.13. The van der Waals surface area contributed by atoms with Crippen LogP contribution in [0.2, 0.25) is 0 Å². The molecule has 8 nitrogen and oxygen atoms in total. The van der Waals surface area contributed by atoms with E-state index in [0.29, 0.717) is 28.5 Å². The van der Waals surface area contributed by atoms with Crippen molar-refractivity contribution in [1.82, 2.24) is 4.57 Å². The van der Waals surface area contributed by atoms with Crippen LogP contribution in [0, 0.1) is 6.92 Å². The molecule has 198 valence electrons. The Balaban J connectivity index is 1.41. The van der Waals surface area contributed by atoms with Gasteiger partial charge in [0.2, 0.25) is 5.91 Å². The first-order valence-electron chi connectivity index (χ1n) is 12.2. The monoisotopic (exact) mass is 561 g/mol. The quantitative estimate of drug-likeness (QED) is 0.304. The van der Waals surface area contributed by atoms with E-state index in [1.807, 2.05) is 23.6 Å². The van der Waals surface area contributed by atoms with Gasteiger partial charge in [-0.1, -0.05) is 23.8 Å². The minimum atomic E-state index is -0.420. The van der Waals surface area contributed by atoms with Crippen molar-refractivity contribution in [3.63, 3.8) is 0 Å². The number of fused-ring (bicyclic) bond motifs is 2. The number of methoxy groups -OCH3 is 2. The fraction of sp³-hybridized carbons (Fsp3) is 0.462. The van der Waals surface area contributed by atoms with Crippen LogP contribution in [0.5, 0.6) is 0 Å². The summed E-state index contributed by atoms with van der Waals surface area (Å²) < 4.78 is 13.3. The Hall–Kier alpha value is -2.47. The largest absolute Gasteiger partial charge is 0.465 e. The van der Waals surface area contributed by atoms with E-state index < -0.39 is 5.97 Å². The first-order chi connectivity index (χ1) is 17.9. The van der Waals surface area contributed by atoms with Crippen LogP contribution in [0.1, 0.15) is 45.6 Å². The zero-order valence-electron chi connectivity index (χ0n) is 21.3. The van der Waals surface area contributed by atoms with Gasteiger partial charge in [0.25, 0.3) is 5.91 Å². The maximum absolute atomic E-state index is 12.7. The van der Waals surface area contributed by atoms with Crippen molar-refractivity contribution < 1.29 is 23.9 Å². The highest BCUT2D eigenvalue weighted by Crippen LogP contribution is 2.38. The van der Waals surface area contributed by atoms with E-state index in [2.05, 4.69) is 16.4 Å². The smallest absolute Gasteiger partial charge is 0.341 e. The number of thioether (sulfide) groups is 1. The van der Waals surface area contributed by atoms with Gasteiger partial charge in [0, 0.05) is 18.5 Å². The summed E-state index contributed by atoms with van der Waals surface area (Å²) in [5.74, 6) is -0.816. The van der Waals surface area contributed by atoms with Crippen molar-refractivity contribution in [3.8, 4) is 0 Å². The van der Waals surface area contributed by atoms with E-state index in [4.69, 9.17) is 9.47 Å². The van der Waals surface area contributed by atoms with Crippen LogP contribution in [-0.2, 0) is 38.4 Å². The number of hydrogen-bond donors (Lipinski definition) is 1. The van der Waals surface area contributed by atoms with Crippen molar-refractivity contribution in [2.45, 2.75) is 45.6 Å². The summed E-state index contributed by atoms with van der Waals surface area (Å²) >= 11 is 4.13. The number of carbonyl (C=O) groups is 3. The highest BCUT2D eigenvalue weighted by molar-refractivity contribution is 8.00. The fourth-order valence-corrected chi connectivity index (χ4v) is 7.41. The van der Waals surface area contributed by atoms with E-state index in [1.54, 1.807) is 7.11 Å². The Kier molecular flexibility index (Phi) is 9.58. The van der Waals surface area contributed by atoms with Crippen LogP contribution < -0.4 is 10.1 Å². The number of rotatable bonds is 9. The Morgan fingerprint density at radius 3 is 2.70 bits per heavy atom. The molecule has 1 N–H and O–H groups in total. The summed E-state index contributed by atoms with van der Waals surface area (Å²) in [6, 6.07) is 6.15. The normalized spacial score (nSPS) is 13.9. The Morgan fingerprint density at radius 2 is 1.92 bits per heavy atom. The second-order valence-corrected chi connectivity index (χ2v) is 11.9. The number of hydrogen-bond acceptors (Lipinski definition) is 8. The third-order valence-electron chi connectivity index (χ3n) is 6.10. The molecule has 0 unspecified atom stereocenters. The van der Waals surface area contributed by atoms with Crippen molar-refractivity contribution in [3.05, 3.63) is 44.6 Å². The second kappa shape index (κ2) is 12.9. The number of carbonyl (C=O) groups excluding carboxylic acids is 3. The highest BCUT2D eigenvalue weighted by Gasteiger charge is 2.26. The van der Waals surface area contributed by atoms with Gasteiger partial charge < -0.3 is 19.4 Å². The number of aryl methyl sites for hydroxylation is 2. The van der Waals surface area contributed by atoms with Crippen molar-refractivity contribution >= 4 is 67.4 Å². The van der Waals surface area contributed by atoms with Gasteiger partial charge in [-0.25, -0.2) is 4.79 Å². The molecule has 2 heterocycles. The van der Waals surface area contributed by atoms with Crippen LogP contribution in [0.3, 0.4) is 0 Å². The number of esters is 1. The number of thiazole rings is 1. The molecule has 11 heteroatoms. The molecule has 2 aromatic heterocycles. The van der Waals surface area contributed by atoms with Crippen LogP contribution in [0.15, 0.2) is 23.2 Å². The van der Waals surface area contributed by atoms with Crippen LogP contribution in [-0.4, -0.2) is 54.7 Å². The molecule has 0 saturated carbocycles. The number of anilines is 1. The second-order valence-electron chi connectivity index (χ2n) is 8.81. The Morgan fingerprint density at radius 1 is 1.11 bits per heavy atom. The first kappa shape index (κ1) is 27.6. The number of thiophene rings is 1. The van der Waals surface area contributed by atoms with E-state index in [-0.39, 0.29) is 23.3 Å². The fourth-order valence-electron chi connectivity index (χ4n) is 4.35. The van der Waals surface area contributed by atoms with Crippen molar-refractivity contribution in [2.75, 3.05) is 37.6 Å². The molecule has 1 aliphatic carbocycles. The third-order valence-corrected chi connectivity index (χ3v) is 9.27. The van der Waals surface area contributed by atoms with E-state index in [1.165, 1.54) is 41.5 Å². The lowest BCUT2D eigenvalue weighted by atomic mass is 10.1. The zero-order valence-corrected chi connectivity index (χ0v) is 23.7. The summed E-state index contributed by atoms with van der Waals surface area (Å²) in [5.41, 5.74) is 3.65. The van der Waals surface area contributed by atoms with Gasteiger partial charge in [0.1, 0.15) is 5.00 Å². The average Bonchev–Trinajstić information content (AvgIpc) is 3.28. The molecule has 1 aliphatic rings. The van der Waals surface area contributed by atoms with E-state index in [0.717, 1.165) is 58.3 Å². The summed E-state index contributed by atoms with van der Waals surface area (Å²) in [7, 11) is 3.00. The zero-order chi connectivity index (χ0) is 26.4. The average molecular weight is 562 g/mol. The summed E-state index contributed by atoms with van der Waals surface area (Å²) in [5, 5.41) is 3.42. The maximum atomic E-state index is 12.7. The molecular formula is C26H31N3O5S3. The SMILES string of the molecule is COCCn1c(=NC(=O)CSCC(=O)Nc2sc3c(c2C(=O)OC)CCCCC3)sc2cc(C)ccc21. The molecule has 0 fully saturated rings.